The second-order valence-corrected chi connectivity index (χ2v) is 8.23. The summed E-state index contributed by atoms with van der Waals surface area (Å²) in [7, 11) is 2.14. The van der Waals surface area contributed by atoms with Crippen LogP contribution in [-0.4, -0.2) is 56.9 Å². The Bertz CT molecular complexity index is 855. The molecule has 3 rings (SSSR count). The van der Waals surface area contributed by atoms with Gasteiger partial charge in [0.2, 0.25) is 0 Å². The number of likely N-dealkylation sites (N-methyl/N-ethyl adjacent to an activating group) is 1. The largest absolute Gasteiger partial charge is 0.492 e. The van der Waals surface area contributed by atoms with Crippen LogP contribution in [-0.2, 0) is 16.1 Å². The van der Waals surface area contributed by atoms with Crippen molar-refractivity contribution in [3.8, 4) is 11.5 Å². The lowest BCUT2D eigenvalue weighted by molar-refractivity contribution is -0.123. The monoisotopic (exact) mass is 446 g/mol. The molecule has 1 N–H and O–H groups in total. The third-order valence-corrected chi connectivity index (χ3v) is 5.65. The number of halogens is 1. The standard InChI is InChI=1S/C24H31ClN2O4/c1-18-14-20(25)6-7-23(18)31-17-24(28)26-16-19-4-3-5-22(15-19)30-13-10-27(2)21-8-11-29-12-9-21/h3-7,14-15,21H,8-13,16-17H2,1-2H3,(H,26,28). The van der Waals surface area contributed by atoms with Gasteiger partial charge in [0.25, 0.3) is 5.91 Å². The number of aryl methyl sites for hydroxylation is 1. The highest BCUT2D eigenvalue weighted by molar-refractivity contribution is 6.30. The molecule has 1 aliphatic heterocycles. The van der Waals surface area contributed by atoms with E-state index in [2.05, 4.69) is 17.3 Å². The Morgan fingerprint density at radius 1 is 1.19 bits per heavy atom. The minimum atomic E-state index is -0.182. The molecule has 0 saturated carbocycles. The Morgan fingerprint density at radius 2 is 2.00 bits per heavy atom. The van der Waals surface area contributed by atoms with Crippen molar-refractivity contribution in [2.75, 3.05) is 40.0 Å². The maximum absolute atomic E-state index is 12.1. The van der Waals surface area contributed by atoms with Crippen molar-refractivity contribution in [3.63, 3.8) is 0 Å². The Kier molecular flexibility index (Phi) is 9.00. The molecule has 168 valence electrons. The lowest BCUT2D eigenvalue weighted by Crippen LogP contribution is -2.38. The summed E-state index contributed by atoms with van der Waals surface area (Å²) < 4.78 is 16.9. The van der Waals surface area contributed by atoms with Crippen LogP contribution in [0.3, 0.4) is 0 Å². The van der Waals surface area contributed by atoms with Crippen LogP contribution in [0.2, 0.25) is 5.02 Å². The molecule has 0 unspecified atom stereocenters. The highest BCUT2D eigenvalue weighted by Crippen LogP contribution is 2.21. The summed E-state index contributed by atoms with van der Waals surface area (Å²) in [5.41, 5.74) is 1.87. The molecule has 1 aliphatic rings. The molecule has 1 heterocycles. The molecule has 0 bridgehead atoms. The summed E-state index contributed by atoms with van der Waals surface area (Å²) in [4.78, 5) is 14.5. The van der Waals surface area contributed by atoms with Gasteiger partial charge in [-0.25, -0.2) is 0 Å². The number of benzene rings is 2. The zero-order valence-corrected chi connectivity index (χ0v) is 19.0. The number of hydrogen-bond acceptors (Lipinski definition) is 5. The summed E-state index contributed by atoms with van der Waals surface area (Å²) in [6.45, 7) is 5.44. The average Bonchev–Trinajstić information content (AvgIpc) is 2.78. The molecule has 1 saturated heterocycles. The minimum Gasteiger partial charge on any atom is -0.492 e. The number of carbonyl (C=O) groups excluding carboxylic acids is 1. The van der Waals surface area contributed by atoms with Gasteiger partial charge in [0.1, 0.15) is 18.1 Å². The van der Waals surface area contributed by atoms with Gasteiger partial charge >= 0.3 is 0 Å². The van der Waals surface area contributed by atoms with E-state index >= 15 is 0 Å². The molecule has 7 heteroatoms. The van der Waals surface area contributed by atoms with E-state index in [1.807, 2.05) is 37.3 Å². The van der Waals surface area contributed by atoms with E-state index in [1.54, 1.807) is 12.1 Å². The quantitative estimate of drug-likeness (QED) is 0.601. The molecule has 0 spiro atoms. The van der Waals surface area contributed by atoms with Crippen molar-refractivity contribution in [1.82, 2.24) is 10.2 Å². The van der Waals surface area contributed by atoms with Crippen LogP contribution in [0.25, 0.3) is 0 Å². The van der Waals surface area contributed by atoms with Crippen LogP contribution in [0.4, 0.5) is 0 Å². The van der Waals surface area contributed by atoms with Gasteiger partial charge in [-0.3, -0.25) is 9.69 Å². The molecule has 2 aromatic rings. The van der Waals surface area contributed by atoms with Crippen LogP contribution in [0.5, 0.6) is 11.5 Å². The fourth-order valence-corrected chi connectivity index (χ4v) is 3.76. The Balaban J connectivity index is 1.38. The van der Waals surface area contributed by atoms with Crippen LogP contribution >= 0.6 is 11.6 Å². The summed E-state index contributed by atoms with van der Waals surface area (Å²) in [5, 5.41) is 3.52. The number of nitrogens with one attached hydrogen (secondary N) is 1. The lowest BCUT2D eigenvalue weighted by atomic mass is 10.1. The SMILES string of the molecule is Cc1cc(Cl)ccc1OCC(=O)NCc1cccc(OCCN(C)C2CCOCC2)c1. The van der Waals surface area contributed by atoms with Gasteiger partial charge in [0.15, 0.2) is 6.61 Å². The van der Waals surface area contributed by atoms with Crippen molar-refractivity contribution < 1.29 is 19.0 Å². The van der Waals surface area contributed by atoms with Crippen molar-refractivity contribution in [3.05, 3.63) is 58.6 Å². The molecule has 0 aromatic heterocycles. The molecule has 0 aliphatic carbocycles. The van der Waals surface area contributed by atoms with Crippen LogP contribution in [0, 0.1) is 6.92 Å². The maximum atomic E-state index is 12.1. The van der Waals surface area contributed by atoms with Crippen molar-refractivity contribution in [2.24, 2.45) is 0 Å². The third-order valence-electron chi connectivity index (χ3n) is 5.41. The molecular weight excluding hydrogens is 416 g/mol. The predicted molar refractivity (Wildman–Crippen MR) is 122 cm³/mol. The molecule has 2 aromatic carbocycles. The Labute approximate surface area is 189 Å². The number of rotatable bonds is 10. The molecule has 31 heavy (non-hydrogen) atoms. The second kappa shape index (κ2) is 11.9. The summed E-state index contributed by atoms with van der Waals surface area (Å²) in [6, 6.07) is 13.7. The molecule has 6 nitrogen and oxygen atoms in total. The first-order valence-electron chi connectivity index (χ1n) is 10.7. The summed E-state index contributed by atoms with van der Waals surface area (Å²) in [5.74, 6) is 1.28. The minimum absolute atomic E-state index is 0.0444. The number of carbonyl (C=O) groups is 1. The zero-order chi connectivity index (χ0) is 22.1. The predicted octanol–water partition coefficient (Wildman–Crippen LogP) is 3.83. The normalized spacial score (nSPS) is 14.5. The van der Waals surface area contributed by atoms with Crippen LogP contribution in [0.1, 0.15) is 24.0 Å². The van der Waals surface area contributed by atoms with Gasteiger partial charge in [0.05, 0.1) is 0 Å². The fraction of sp³-hybridized carbons (Fsp3) is 0.458. The van der Waals surface area contributed by atoms with E-state index in [9.17, 15) is 4.79 Å². The maximum Gasteiger partial charge on any atom is 0.258 e. The molecular formula is C24H31ClN2O4. The smallest absolute Gasteiger partial charge is 0.258 e. The Hall–Kier alpha value is -2.28. The van der Waals surface area contributed by atoms with E-state index in [0.717, 1.165) is 49.5 Å². The molecule has 1 fully saturated rings. The third kappa shape index (κ3) is 7.73. The van der Waals surface area contributed by atoms with Crippen molar-refractivity contribution in [1.29, 1.82) is 0 Å². The van der Waals surface area contributed by atoms with E-state index in [0.29, 0.717) is 30.0 Å². The fourth-order valence-electron chi connectivity index (χ4n) is 3.53. The molecule has 0 radical (unpaired) electrons. The number of amides is 1. The second-order valence-electron chi connectivity index (χ2n) is 7.80. The highest BCUT2D eigenvalue weighted by atomic mass is 35.5. The zero-order valence-electron chi connectivity index (χ0n) is 18.2. The molecule has 1 amide bonds. The topological polar surface area (TPSA) is 60.0 Å². The highest BCUT2D eigenvalue weighted by Gasteiger charge is 2.18. The van der Waals surface area contributed by atoms with Crippen LogP contribution in [0.15, 0.2) is 42.5 Å². The van der Waals surface area contributed by atoms with Crippen molar-refractivity contribution in [2.45, 2.75) is 32.4 Å². The first-order chi connectivity index (χ1) is 15.0. The van der Waals surface area contributed by atoms with Crippen LogP contribution < -0.4 is 14.8 Å². The summed E-state index contributed by atoms with van der Waals surface area (Å²) in [6.07, 6.45) is 2.15. The van der Waals surface area contributed by atoms with E-state index in [1.165, 1.54) is 0 Å². The number of hydrogen-bond donors (Lipinski definition) is 1. The lowest BCUT2D eigenvalue weighted by Gasteiger charge is -2.31. The van der Waals surface area contributed by atoms with Gasteiger partial charge < -0.3 is 19.5 Å². The van der Waals surface area contributed by atoms with E-state index < -0.39 is 0 Å². The van der Waals surface area contributed by atoms with Gasteiger partial charge in [0, 0.05) is 37.4 Å². The van der Waals surface area contributed by atoms with Gasteiger partial charge in [-0.15, -0.1) is 0 Å². The van der Waals surface area contributed by atoms with Crippen molar-refractivity contribution >= 4 is 17.5 Å². The first-order valence-corrected chi connectivity index (χ1v) is 11.0. The van der Waals surface area contributed by atoms with Gasteiger partial charge in [-0.2, -0.15) is 0 Å². The Morgan fingerprint density at radius 3 is 2.77 bits per heavy atom. The van der Waals surface area contributed by atoms with E-state index in [-0.39, 0.29) is 12.5 Å². The van der Waals surface area contributed by atoms with Gasteiger partial charge in [-0.05, 0) is 68.3 Å². The van der Waals surface area contributed by atoms with Gasteiger partial charge in [-0.1, -0.05) is 23.7 Å². The van der Waals surface area contributed by atoms with E-state index in [4.69, 9.17) is 25.8 Å². The average molecular weight is 447 g/mol. The number of ether oxygens (including phenoxy) is 3. The first kappa shape index (κ1) is 23.4. The number of nitrogens with zero attached hydrogens (tertiary/aromatic N) is 1. The molecule has 0 atom stereocenters. The summed E-state index contributed by atoms with van der Waals surface area (Å²) >= 11 is 5.94.